The van der Waals surface area contributed by atoms with E-state index in [-0.39, 0.29) is 18.0 Å². The van der Waals surface area contributed by atoms with E-state index < -0.39 is 10.8 Å². The number of carbonyl (C=O) groups is 1. The van der Waals surface area contributed by atoms with Crippen molar-refractivity contribution in [2.45, 2.75) is 12.3 Å². The molecule has 1 aliphatic rings. The largest absolute Gasteiger partial charge is 0.493 e. The summed E-state index contributed by atoms with van der Waals surface area (Å²) in [5.74, 6) is 0.357. The smallest absolute Gasteiger partial charge is 0.273 e. The maximum atomic E-state index is 12.3. The van der Waals surface area contributed by atoms with Gasteiger partial charge in [-0.2, -0.15) is 0 Å². The molecule has 0 aromatic heterocycles. The summed E-state index contributed by atoms with van der Waals surface area (Å²) < 4.78 is 16.3. The van der Waals surface area contributed by atoms with Gasteiger partial charge in [-0.3, -0.25) is 14.9 Å². The number of carbonyl (C=O) groups excluding carboxylic acids is 1. The number of para-hydroxylation sites is 1. The topological polar surface area (TPSA) is 99.9 Å². The molecule has 1 amide bonds. The molecular formula is C18H18N2O6. The van der Waals surface area contributed by atoms with Crippen molar-refractivity contribution in [2.75, 3.05) is 26.6 Å². The number of hydrogen-bond acceptors (Lipinski definition) is 6. The second kappa shape index (κ2) is 6.91. The molecule has 1 heterocycles. The predicted molar refractivity (Wildman–Crippen MR) is 94.3 cm³/mol. The third-order valence-electron chi connectivity index (χ3n) is 4.39. The lowest BCUT2D eigenvalue weighted by atomic mass is 9.83. The molecule has 8 heteroatoms. The summed E-state index contributed by atoms with van der Waals surface area (Å²) in [5, 5.41) is 14.2. The number of nitrogens with one attached hydrogen (secondary N) is 1. The molecule has 0 aliphatic carbocycles. The summed E-state index contributed by atoms with van der Waals surface area (Å²) in [6.07, 6.45) is 0.0592. The summed E-state index contributed by atoms with van der Waals surface area (Å²) in [6.45, 7) is 0. The van der Waals surface area contributed by atoms with Crippen LogP contribution in [0.25, 0.3) is 0 Å². The van der Waals surface area contributed by atoms with Crippen LogP contribution >= 0.6 is 0 Å². The minimum Gasteiger partial charge on any atom is -0.493 e. The predicted octanol–water partition coefficient (Wildman–Crippen LogP) is 3.09. The molecule has 1 unspecified atom stereocenters. The number of amides is 1. The van der Waals surface area contributed by atoms with Gasteiger partial charge in [0.25, 0.3) is 5.69 Å². The fourth-order valence-electron chi connectivity index (χ4n) is 3.33. The average Bonchev–Trinajstić information content (AvgIpc) is 2.65. The van der Waals surface area contributed by atoms with E-state index in [4.69, 9.17) is 14.2 Å². The maximum Gasteiger partial charge on any atom is 0.273 e. The Morgan fingerprint density at radius 2 is 1.81 bits per heavy atom. The third kappa shape index (κ3) is 2.79. The second-order valence-corrected chi connectivity index (χ2v) is 5.73. The summed E-state index contributed by atoms with van der Waals surface area (Å²) in [4.78, 5) is 23.3. The lowest BCUT2D eigenvalue weighted by molar-refractivity contribution is -0.385. The van der Waals surface area contributed by atoms with E-state index in [9.17, 15) is 14.9 Å². The minimum atomic E-state index is -0.546. The summed E-state index contributed by atoms with van der Waals surface area (Å²) in [7, 11) is 4.44. The highest BCUT2D eigenvalue weighted by atomic mass is 16.6. The fourth-order valence-corrected chi connectivity index (χ4v) is 3.33. The lowest BCUT2D eigenvalue weighted by Gasteiger charge is -2.29. The molecule has 0 bridgehead atoms. The van der Waals surface area contributed by atoms with Crippen molar-refractivity contribution in [2.24, 2.45) is 0 Å². The van der Waals surface area contributed by atoms with Crippen LogP contribution in [-0.2, 0) is 4.79 Å². The van der Waals surface area contributed by atoms with Crippen molar-refractivity contribution in [1.82, 2.24) is 0 Å². The van der Waals surface area contributed by atoms with Gasteiger partial charge in [-0.25, -0.2) is 0 Å². The van der Waals surface area contributed by atoms with Gasteiger partial charge in [0.05, 0.1) is 31.9 Å². The van der Waals surface area contributed by atoms with Gasteiger partial charge in [0.15, 0.2) is 11.5 Å². The van der Waals surface area contributed by atoms with Crippen molar-refractivity contribution < 1.29 is 23.9 Å². The third-order valence-corrected chi connectivity index (χ3v) is 4.39. The first kappa shape index (κ1) is 17.5. The number of benzene rings is 2. The molecule has 0 saturated carbocycles. The number of methoxy groups -OCH3 is 3. The van der Waals surface area contributed by atoms with Crippen LogP contribution in [0.15, 0.2) is 30.3 Å². The normalized spacial score (nSPS) is 15.7. The van der Waals surface area contributed by atoms with Gasteiger partial charge in [0.2, 0.25) is 11.7 Å². The summed E-state index contributed by atoms with van der Waals surface area (Å²) in [5.41, 5.74) is 1.51. The first-order valence-corrected chi connectivity index (χ1v) is 7.87. The molecule has 0 fully saturated rings. The highest BCUT2D eigenvalue weighted by molar-refractivity contribution is 5.97. The van der Waals surface area contributed by atoms with Gasteiger partial charge >= 0.3 is 0 Å². The number of fused-ring (bicyclic) bond motifs is 1. The summed E-state index contributed by atoms with van der Waals surface area (Å²) in [6, 6.07) is 8.02. The molecule has 8 nitrogen and oxygen atoms in total. The van der Waals surface area contributed by atoms with Gasteiger partial charge in [-0.1, -0.05) is 18.2 Å². The molecule has 1 atom stereocenters. The highest BCUT2D eigenvalue weighted by Gasteiger charge is 2.36. The number of ether oxygens (including phenoxy) is 3. The Kier molecular flexibility index (Phi) is 4.66. The first-order valence-electron chi connectivity index (χ1n) is 7.87. The minimum absolute atomic E-state index is 0.0463. The molecule has 0 spiro atoms. The van der Waals surface area contributed by atoms with Crippen LogP contribution in [0.3, 0.4) is 0 Å². The molecule has 0 saturated heterocycles. The van der Waals surface area contributed by atoms with Gasteiger partial charge in [-0.15, -0.1) is 0 Å². The van der Waals surface area contributed by atoms with E-state index in [2.05, 4.69) is 5.32 Å². The standard InChI is InChI=1S/C18H18N2O6/c1-24-14-9-12-16(18(26-3)17(14)25-2)11(8-15(21)19-12)10-6-4-5-7-13(10)20(22)23/h4-7,9,11H,8H2,1-3H3,(H,19,21). The number of anilines is 1. The Labute approximate surface area is 149 Å². The van der Waals surface area contributed by atoms with Gasteiger partial charge < -0.3 is 19.5 Å². The Bertz CT molecular complexity index is 880. The molecular weight excluding hydrogens is 340 g/mol. The summed E-state index contributed by atoms with van der Waals surface area (Å²) >= 11 is 0. The van der Waals surface area contributed by atoms with Gasteiger partial charge in [-0.05, 0) is 0 Å². The number of nitro groups is 1. The zero-order valence-electron chi connectivity index (χ0n) is 14.6. The van der Waals surface area contributed by atoms with E-state index in [1.165, 1.54) is 27.4 Å². The van der Waals surface area contributed by atoms with Crippen LogP contribution in [-0.4, -0.2) is 32.2 Å². The van der Waals surface area contributed by atoms with Crippen LogP contribution in [0, 0.1) is 10.1 Å². The van der Waals surface area contributed by atoms with Crippen molar-refractivity contribution >= 4 is 17.3 Å². The van der Waals surface area contributed by atoms with Crippen molar-refractivity contribution in [3.05, 3.63) is 51.6 Å². The zero-order chi connectivity index (χ0) is 18.8. The van der Waals surface area contributed by atoms with E-state index in [0.717, 1.165) is 0 Å². The van der Waals surface area contributed by atoms with Crippen molar-refractivity contribution in [3.63, 3.8) is 0 Å². The number of hydrogen-bond donors (Lipinski definition) is 1. The van der Waals surface area contributed by atoms with Crippen LogP contribution < -0.4 is 19.5 Å². The van der Waals surface area contributed by atoms with Crippen LogP contribution in [0.1, 0.15) is 23.5 Å². The van der Waals surface area contributed by atoms with Crippen LogP contribution in [0.5, 0.6) is 17.2 Å². The second-order valence-electron chi connectivity index (χ2n) is 5.73. The molecule has 2 aromatic carbocycles. The van der Waals surface area contributed by atoms with E-state index >= 15 is 0 Å². The Morgan fingerprint density at radius 1 is 1.12 bits per heavy atom. The molecule has 2 aromatic rings. The number of nitro benzene ring substituents is 1. The van der Waals surface area contributed by atoms with Crippen molar-refractivity contribution in [3.8, 4) is 17.2 Å². The van der Waals surface area contributed by atoms with E-state index in [0.29, 0.717) is 34.1 Å². The monoisotopic (exact) mass is 358 g/mol. The number of nitrogens with zero attached hydrogens (tertiary/aromatic N) is 1. The SMILES string of the molecule is COc1cc2c(c(OC)c1OC)C(c1ccccc1[N+](=O)[O-])CC(=O)N2. The van der Waals surface area contributed by atoms with E-state index in [1.807, 2.05) is 0 Å². The van der Waals surface area contributed by atoms with Crippen LogP contribution in [0.4, 0.5) is 11.4 Å². The van der Waals surface area contributed by atoms with Gasteiger partial charge in [0.1, 0.15) is 0 Å². The maximum absolute atomic E-state index is 12.3. The Hall–Kier alpha value is -3.29. The molecule has 1 N–H and O–H groups in total. The quantitative estimate of drug-likeness (QED) is 0.651. The molecule has 136 valence electrons. The Morgan fingerprint density at radius 3 is 2.42 bits per heavy atom. The fraction of sp³-hybridized carbons (Fsp3) is 0.278. The molecule has 0 radical (unpaired) electrons. The zero-order valence-corrected chi connectivity index (χ0v) is 14.6. The highest BCUT2D eigenvalue weighted by Crippen LogP contribution is 2.52. The number of rotatable bonds is 5. The first-order chi connectivity index (χ1) is 12.5. The Balaban J connectivity index is 2.30. The molecule has 3 rings (SSSR count). The van der Waals surface area contributed by atoms with Gasteiger partial charge in [0, 0.05) is 35.6 Å². The van der Waals surface area contributed by atoms with E-state index in [1.54, 1.807) is 24.3 Å². The lowest BCUT2D eigenvalue weighted by Crippen LogP contribution is -2.25. The molecule has 1 aliphatic heterocycles. The molecule has 26 heavy (non-hydrogen) atoms. The average molecular weight is 358 g/mol. The van der Waals surface area contributed by atoms with Crippen LogP contribution in [0.2, 0.25) is 0 Å². The van der Waals surface area contributed by atoms with Crippen molar-refractivity contribution in [1.29, 1.82) is 0 Å².